The van der Waals surface area contributed by atoms with Crippen LogP contribution in [0.5, 0.6) is 0 Å². The molecule has 0 fully saturated rings. The number of nitrogens with zero attached hydrogens (tertiary/aromatic N) is 1. The van der Waals surface area contributed by atoms with Gasteiger partial charge in [0.1, 0.15) is 12.4 Å². The van der Waals surface area contributed by atoms with Crippen molar-refractivity contribution in [3.05, 3.63) is 76.9 Å². The van der Waals surface area contributed by atoms with E-state index in [1.54, 1.807) is 12.1 Å². The second-order valence-corrected chi connectivity index (χ2v) is 6.42. The Labute approximate surface area is 149 Å². The smallest absolute Gasteiger partial charge is 0.240 e. The molecule has 0 spiro atoms. The first-order valence-electron chi connectivity index (χ1n) is 7.82. The Morgan fingerprint density at radius 3 is 2.56 bits per heavy atom. The van der Waals surface area contributed by atoms with Crippen molar-refractivity contribution >= 4 is 29.3 Å². The SMILES string of the molecule is O=C(CN1C(=O)CSC=C1c1ccccc1)NCc1ccc(F)cc1. The van der Waals surface area contributed by atoms with Crippen LogP contribution in [0.1, 0.15) is 11.1 Å². The number of thioether (sulfide) groups is 1. The molecule has 1 N–H and O–H groups in total. The molecule has 2 aromatic rings. The Morgan fingerprint density at radius 1 is 1.12 bits per heavy atom. The molecule has 2 aromatic carbocycles. The van der Waals surface area contributed by atoms with Gasteiger partial charge in [-0.3, -0.25) is 9.59 Å². The van der Waals surface area contributed by atoms with Crippen LogP contribution in [0.2, 0.25) is 0 Å². The lowest BCUT2D eigenvalue weighted by Crippen LogP contribution is -2.41. The fraction of sp³-hybridized carbons (Fsp3) is 0.158. The van der Waals surface area contributed by atoms with Gasteiger partial charge in [0.25, 0.3) is 0 Å². The molecule has 0 saturated carbocycles. The molecule has 0 atom stereocenters. The molecular formula is C19H17FN2O2S. The van der Waals surface area contributed by atoms with Gasteiger partial charge in [-0.1, -0.05) is 42.5 Å². The van der Waals surface area contributed by atoms with Crippen LogP contribution < -0.4 is 5.32 Å². The first-order chi connectivity index (χ1) is 12.1. The average Bonchev–Trinajstić information content (AvgIpc) is 2.64. The fourth-order valence-corrected chi connectivity index (χ4v) is 3.28. The van der Waals surface area contributed by atoms with Crippen molar-refractivity contribution in [2.24, 2.45) is 0 Å². The minimum Gasteiger partial charge on any atom is -0.350 e. The monoisotopic (exact) mass is 356 g/mol. The summed E-state index contributed by atoms with van der Waals surface area (Å²) in [7, 11) is 0. The van der Waals surface area contributed by atoms with Gasteiger partial charge in [0.2, 0.25) is 11.8 Å². The highest BCUT2D eigenvalue weighted by Gasteiger charge is 2.25. The summed E-state index contributed by atoms with van der Waals surface area (Å²) >= 11 is 1.43. The highest BCUT2D eigenvalue weighted by Crippen LogP contribution is 2.27. The largest absolute Gasteiger partial charge is 0.350 e. The topological polar surface area (TPSA) is 49.4 Å². The Balaban J connectivity index is 1.65. The molecule has 3 rings (SSSR count). The molecule has 0 aliphatic carbocycles. The number of halogens is 1. The van der Waals surface area contributed by atoms with Crippen molar-refractivity contribution in [3.63, 3.8) is 0 Å². The van der Waals surface area contributed by atoms with Gasteiger partial charge in [0.05, 0.1) is 11.4 Å². The zero-order valence-electron chi connectivity index (χ0n) is 13.4. The van der Waals surface area contributed by atoms with E-state index in [-0.39, 0.29) is 24.2 Å². The van der Waals surface area contributed by atoms with Crippen molar-refractivity contribution in [2.45, 2.75) is 6.54 Å². The molecule has 6 heteroatoms. The van der Waals surface area contributed by atoms with Crippen LogP contribution in [0.25, 0.3) is 5.70 Å². The Kier molecular flexibility index (Phi) is 5.50. The van der Waals surface area contributed by atoms with Gasteiger partial charge >= 0.3 is 0 Å². The van der Waals surface area contributed by atoms with Crippen LogP contribution in [0, 0.1) is 5.82 Å². The Hall–Kier alpha value is -2.60. The van der Waals surface area contributed by atoms with E-state index in [4.69, 9.17) is 0 Å². The molecule has 0 radical (unpaired) electrons. The molecule has 2 amide bonds. The van der Waals surface area contributed by atoms with Gasteiger partial charge < -0.3 is 10.2 Å². The second-order valence-electron chi connectivity index (χ2n) is 5.56. The number of rotatable bonds is 5. The van der Waals surface area contributed by atoms with Crippen LogP contribution >= 0.6 is 11.8 Å². The summed E-state index contributed by atoms with van der Waals surface area (Å²) in [4.78, 5) is 26.0. The molecule has 0 aromatic heterocycles. The predicted octanol–water partition coefficient (Wildman–Crippen LogP) is 3.02. The molecule has 0 saturated heterocycles. The number of nitrogens with one attached hydrogen (secondary N) is 1. The van der Waals surface area contributed by atoms with Crippen LogP contribution in [0.15, 0.2) is 60.0 Å². The summed E-state index contributed by atoms with van der Waals surface area (Å²) in [6.07, 6.45) is 0. The maximum Gasteiger partial charge on any atom is 0.240 e. The molecule has 0 bridgehead atoms. The number of benzene rings is 2. The third-order valence-corrected chi connectivity index (χ3v) is 4.57. The highest BCUT2D eigenvalue weighted by molar-refractivity contribution is 8.03. The standard InChI is InChI=1S/C19H17FN2O2S/c20-16-8-6-14(7-9-16)10-21-18(23)11-22-17(12-25-13-19(22)24)15-4-2-1-3-5-15/h1-9,12H,10-11,13H2,(H,21,23). The molecule has 128 valence electrons. The number of hydrogen-bond acceptors (Lipinski definition) is 3. The van der Waals surface area contributed by atoms with E-state index < -0.39 is 0 Å². The van der Waals surface area contributed by atoms with E-state index in [0.29, 0.717) is 12.3 Å². The van der Waals surface area contributed by atoms with Gasteiger partial charge in [-0.25, -0.2) is 4.39 Å². The van der Waals surface area contributed by atoms with Gasteiger partial charge in [-0.2, -0.15) is 0 Å². The van der Waals surface area contributed by atoms with Crippen molar-refractivity contribution in [1.82, 2.24) is 10.2 Å². The highest BCUT2D eigenvalue weighted by atomic mass is 32.2. The molecular weight excluding hydrogens is 339 g/mol. The first-order valence-corrected chi connectivity index (χ1v) is 8.87. The number of hydrogen-bond donors (Lipinski definition) is 1. The summed E-state index contributed by atoms with van der Waals surface area (Å²) in [5.41, 5.74) is 2.43. The molecule has 1 aliphatic heterocycles. The van der Waals surface area contributed by atoms with Gasteiger partial charge in [0, 0.05) is 6.54 Å². The lowest BCUT2D eigenvalue weighted by atomic mass is 10.1. The van der Waals surface area contributed by atoms with Crippen LogP contribution in [-0.2, 0) is 16.1 Å². The van der Waals surface area contributed by atoms with Gasteiger partial charge in [-0.05, 0) is 28.7 Å². The number of carbonyl (C=O) groups is 2. The minimum absolute atomic E-state index is 0.0404. The molecule has 25 heavy (non-hydrogen) atoms. The summed E-state index contributed by atoms with van der Waals surface area (Å²) in [5, 5.41) is 4.68. The average molecular weight is 356 g/mol. The molecule has 1 heterocycles. The van der Waals surface area contributed by atoms with Crippen molar-refractivity contribution in [2.75, 3.05) is 12.3 Å². The quantitative estimate of drug-likeness (QED) is 0.896. The third-order valence-electron chi connectivity index (χ3n) is 3.77. The van der Waals surface area contributed by atoms with E-state index in [1.165, 1.54) is 28.8 Å². The van der Waals surface area contributed by atoms with Crippen molar-refractivity contribution in [3.8, 4) is 0 Å². The van der Waals surface area contributed by atoms with E-state index in [0.717, 1.165) is 16.8 Å². The zero-order valence-corrected chi connectivity index (χ0v) is 14.3. The van der Waals surface area contributed by atoms with Crippen LogP contribution in [0.4, 0.5) is 4.39 Å². The maximum atomic E-state index is 12.9. The van der Waals surface area contributed by atoms with E-state index in [9.17, 15) is 14.0 Å². The Bertz CT molecular complexity index is 791. The zero-order chi connectivity index (χ0) is 17.6. The van der Waals surface area contributed by atoms with Crippen molar-refractivity contribution in [1.29, 1.82) is 0 Å². The van der Waals surface area contributed by atoms with Gasteiger partial charge in [-0.15, -0.1) is 11.8 Å². The summed E-state index contributed by atoms with van der Waals surface area (Å²) in [6, 6.07) is 15.5. The normalized spacial score (nSPS) is 14.2. The molecule has 1 aliphatic rings. The van der Waals surface area contributed by atoms with Crippen molar-refractivity contribution < 1.29 is 14.0 Å². The maximum absolute atomic E-state index is 12.9. The lowest BCUT2D eigenvalue weighted by molar-refractivity contribution is -0.131. The van der Waals surface area contributed by atoms with Crippen LogP contribution in [-0.4, -0.2) is 29.0 Å². The predicted molar refractivity (Wildman–Crippen MR) is 96.8 cm³/mol. The molecule has 4 nitrogen and oxygen atoms in total. The first kappa shape index (κ1) is 17.2. The number of carbonyl (C=O) groups excluding carboxylic acids is 2. The Morgan fingerprint density at radius 2 is 1.84 bits per heavy atom. The summed E-state index contributed by atoms with van der Waals surface area (Å²) < 4.78 is 12.9. The van der Waals surface area contributed by atoms with E-state index >= 15 is 0 Å². The summed E-state index contributed by atoms with van der Waals surface area (Å²) in [6.45, 7) is 0.252. The van der Waals surface area contributed by atoms with Crippen LogP contribution in [0.3, 0.4) is 0 Å². The fourth-order valence-electron chi connectivity index (χ4n) is 2.48. The van der Waals surface area contributed by atoms with E-state index in [1.807, 2.05) is 35.7 Å². The summed E-state index contributed by atoms with van der Waals surface area (Å²) in [5.74, 6) is -0.347. The number of amides is 2. The minimum atomic E-state index is -0.316. The third kappa shape index (κ3) is 4.48. The van der Waals surface area contributed by atoms with E-state index in [2.05, 4.69) is 5.32 Å². The van der Waals surface area contributed by atoms with Gasteiger partial charge in [0.15, 0.2) is 0 Å². The molecule has 0 unspecified atom stereocenters. The second kappa shape index (κ2) is 7.98. The lowest BCUT2D eigenvalue weighted by Gasteiger charge is -2.28.